The molecule has 0 spiro atoms. The van der Waals surface area contributed by atoms with Gasteiger partial charge in [-0.2, -0.15) is 0 Å². The molecule has 0 saturated carbocycles. The smallest absolute Gasteiger partial charge is 0.133 e. The van der Waals surface area contributed by atoms with Crippen LogP contribution in [0.2, 0.25) is 0 Å². The van der Waals surface area contributed by atoms with Gasteiger partial charge in [0.25, 0.3) is 0 Å². The zero-order chi connectivity index (χ0) is 14.6. The maximum Gasteiger partial charge on any atom is 0.133 e. The number of allylic oxidation sites excluding steroid dienone is 4. The zero-order valence-electron chi connectivity index (χ0n) is 13.3. The summed E-state index contributed by atoms with van der Waals surface area (Å²) >= 11 is 0. The SMILES string of the molecule is CCCCC(CC)C1(C)C(c2ncc[nH]2)=CC=CC1C. The van der Waals surface area contributed by atoms with Gasteiger partial charge in [-0.25, -0.2) is 4.98 Å². The summed E-state index contributed by atoms with van der Waals surface area (Å²) in [5.74, 6) is 2.30. The lowest BCUT2D eigenvalue weighted by Gasteiger charge is -2.44. The molecule has 1 aromatic rings. The van der Waals surface area contributed by atoms with Crippen LogP contribution in [0.5, 0.6) is 0 Å². The van der Waals surface area contributed by atoms with Crippen molar-refractivity contribution in [1.82, 2.24) is 9.97 Å². The van der Waals surface area contributed by atoms with E-state index in [2.05, 4.69) is 55.9 Å². The number of H-pyrrole nitrogens is 1. The first-order chi connectivity index (χ1) is 9.64. The molecule has 20 heavy (non-hydrogen) atoms. The second kappa shape index (κ2) is 6.43. The lowest BCUT2D eigenvalue weighted by Crippen LogP contribution is -2.36. The highest BCUT2D eigenvalue weighted by Crippen LogP contribution is 2.51. The fraction of sp³-hybridized carbons (Fsp3) is 0.611. The molecule has 1 aliphatic rings. The number of aromatic amines is 1. The van der Waals surface area contributed by atoms with Crippen molar-refractivity contribution >= 4 is 5.57 Å². The molecular formula is C18H28N2. The average molecular weight is 272 g/mol. The Bertz CT molecular complexity index is 470. The number of hydrogen-bond acceptors (Lipinski definition) is 1. The van der Waals surface area contributed by atoms with E-state index in [4.69, 9.17) is 0 Å². The monoisotopic (exact) mass is 272 g/mol. The zero-order valence-corrected chi connectivity index (χ0v) is 13.3. The topological polar surface area (TPSA) is 28.7 Å². The van der Waals surface area contributed by atoms with Crippen LogP contribution < -0.4 is 0 Å². The van der Waals surface area contributed by atoms with Crippen molar-refractivity contribution in [3.8, 4) is 0 Å². The fourth-order valence-corrected chi connectivity index (χ4v) is 3.66. The van der Waals surface area contributed by atoms with Gasteiger partial charge in [0.1, 0.15) is 5.82 Å². The molecule has 1 aromatic heterocycles. The molecule has 0 aromatic carbocycles. The van der Waals surface area contributed by atoms with Crippen LogP contribution in [-0.4, -0.2) is 9.97 Å². The van der Waals surface area contributed by atoms with Gasteiger partial charge in [0.2, 0.25) is 0 Å². The normalized spacial score (nSPS) is 27.4. The molecule has 0 aliphatic heterocycles. The van der Waals surface area contributed by atoms with Gasteiger partial charge in [-0.1, -0.05) is 65.2 Å². The molecule has 0 saturated heterocycles. The predicted molar refractivity (Wildman–Crippen MR) is 86.3 cm³/mol. The Balaban J connectivity index is 2.37. The highest BCUT2D eigenvalue weighted by atomic mass is 14.9. The number of nitrogens with one attached hydrogen (secondary N) is 1. The molecule has 0 radical (unpaired) electrons. The summed E-state index contributed by atoms with van der Waals surface area (Å²) in [6, 6.07) is 0. The van der Waals surface area contributed by atoms with E-state index >= 15 is 0 Å². The van der Waals surface area contributed by atoms with Crippen LogP contribution in [0.4, 0.5) is 0 Å². The quantitative estimate of drug-likeness (QED) is 0.755. The molecular weight excluding hydrogens is 244 g/mol. The van der Waals surface area contributed by atoms with E-state index in [9.17, 15) is 0 Å². The van der Waals surface area contributed by atoms with E-state index < -0.39 is 0 Å². The summed E-state index contributed by atoms with van der Waals surface area (Å²) < 4.78 is 0. The molecule has 1 N–H and O–H groups in total. The van der Waals surface area contributed by atoms with E-state index in [1.165, 1.54) is 31.3 Å². The van der Waals surface area contributed by atoms with E-state index in [-0.39, 0.29) is 5.41 Å². The lowest BCUT2D eigenvalue weighted by molar-refractivity contribution is 0.185. The van der Waals surface area contributed by atoms with Gasteiger partial charge >= 0.3 is 0 Å². The summed E-state index contributed by atoms with van der Waals surface area (Å²) in [5, 5.41) is 0. The molecule has 3 unspecified atom stereocenters. The third-order valence-electron chi connectivity index (χ3n) is 5.19. The highest BCUT2D eigenvalue weighted by molar-refractivity contribution is 5.69. The van der Waals surface area contributed by atoms with Crippen LogP contribution in [0.1, 0.15) is 59.2 Å². The molecule has 0 fully saturated rings. The Morgan fingerprint density at radius 3 is 2.80 bits per heavy atom. The average Bonchev–Trinajstić information content (AvgIpc) is 2.96. The summed E-state index contributed by atoms with van der Waals surface area (Å²) in [7, 11) is 0. The Morgan fingerprint density at radius 1 is 1.40 bits per heavy atom. The Hall–Kier alpha value is -1.31. The van der Waals surface area contributed by atoms with Crippen LogP contribution in [-0.2, 0) is 0 Å². The van der Waals surface area contributed by atoms with Crippen molar-refractivity contribution in [3.05, 3.63) is 36.4 Å². The number of imidazole rings is 1. The summed E-state index contributed by atoms with van der Waals surface area (Å²) in [4.78, 5) is 7.81. The van der Waals surface area contributed by atoms with Gasteiger partial charge in [0, 0.05) is 23.4 Å². The second-order valence-corrected chi connectivity index (χ2v) is 6.22. The van der Waals surface area contributed by atoms with Gasteiger partial charge < -0.3 is 4.98 Å². The van der Waals surface area contributed by atoms with Gasteiger partial charge in [-0.05, 0) is 18.3 Å². The summed E-state index contributed by atoms with van der Waals surface area (Å²) in [6.45, 7) is 9.39. The molecule has 2 nitrogen and oxygen atoms in total. The molecule has 2 heteroatoms. The number of nitrogens with zero attached hydrogens (tertiary/aromatic N) is 1. The van der Waals surface area contributed by atoms with Crippen molar-refractivity contribution < 1.29 is 0 Å². The van der Waals surface area contributed by atoms with E-state index in [0.29, 0.717) is 11.8 Å². The van der Waals surface area contributed by atoms with E-state index in [1.54, 1.807) is 0 Å². The molecule has 0 amide bonds. The lowest BCUT2D eigenvalue weighted by atomic mass is 9.60. The number of unbranched alkanes of at least 4 members (excludes halogenated alkanes) is 1. The van der Waals surface area contributed by atoms with Crippen LogP contribution in [0.15, 0.2) is 30.6 Å². The minimum Gasteiger partial charge on any atom is -0.345 e. The third-order valence-corrected chi connectivity index (χ3v) is 5.19. The minimum atomic E-state index is 0.177. The Morgan fingerprint density at radius 2 is 2.20 bits per heavy atom. The third kappa shape index (κ3) is 2.61. The Kier molecular flexibility index (Phi) is 4.85. The maximum absolute atomic E-state index is 4.51. The molecule has 1 heterocycles. The number of aromatic nitrogens is 2. The van der Waals surface area contributed by atoms with E-state index in [1.807, 2.05) is 12.4 Å². The van der Waals surface area contributed by atoms with Crippen molar-refractivity contribution in [1.29, 1.82) is 0 Å². The van der Waals surface area contributed by atoms with Crippen LogP contribution in [0, 0.1) is 17.3 Å². The van der Waals surface area contributed by atoms with Gasteiger partial charge in [0.15, 0.2) is 0 Å². The Labute approximate surface area is 123 Å². The molecule has 0 bridgehead atoms. The van der Waals surface area contributed by atoms with Gasteiger partial charge in [0.05, 0.1) is 0 Å². The van der Waals surface area contributed by atoms with Gasteiger partial charge in [-0.15, -0.1) is 0 Å². The maximum atomic E-state index is 4.51. The van der Waals surface area contributed by atoms with Crippen LogP contribution in [0.3, 0.4) is 0 Å². The standard InChI is InChI=1S/C18H28N2/c1-5-7-10-15(6-2)18(4)14(3)9-8-11-16(18)17-19-12-13-20-17/h8-9,11-15H,5-7,10H2,1-4H3,(H,19,20). The van der Waals surface area contributed by atoms with Crippen molar-refractivity contribution in [2.45, 2.75) is 53.4 Å². The first-order valence-corrected chi connectivity index (χ1v) is 8.03. The fourth-order valence-electron chi connectivity index (χ4n) is 3.66. The second-order valence-electron chi connectivity index (χ2n) is 6.22. The number of rotatable bonds is 6. The summed E-state index contributed by atoms with van der Waals surface area (Å²) in [5.41, 5.74) is 1.55. The first kappa shape index (κ1) is 15.1. The van der Waals surface area contributed by atoms with Gasteiger partial charge in [-0.3, -0.25) is 0 Å². The minimum absolute atomic E-state index is 0.177. The molecule has 110 valence electrons. The summed E-state index contributed by atoms with van der Waals surface area (Å²) in [6.07, 6.45) is 15.7. The number of hydrogen-bond donors (Lipinski definition) is 1. The van der Waals surface area contributed by atoms with Crippen LogP contribution in [0.25, 0.3) is 5.57 Å². The van der Waals surface area contributed by atoms with Crippen molar-refractivity contribution in [2.24, 2.45) is 17.3 Å². The molecule has 2 rings (SSSR count). The largest absolute Gasteiger partial charge is 0.345 e. The highest BCUT2D eigenvalue weighted by Gasteiger charge is 2.42. The van der Waals surface area contributed by atoms with Crippen molar-refractivity contribution in [3.63, 3.8) is 0 Å². The van der Waals surface area contributed by atoms with Crippen LogP contribution >= 0.6 is 0 Å². The molecule has 3 atom stereocenters. The van der Waals surface area contributed by atoms with Crippen molar-refractivity contribution in [2.75, 3.05) is 0 Å². The predicted octanol–water partition coefficient (Wildman–Crippen LogP) is 5.22. The molecule has 1 aliphatic carbocycles. The van der Waals surface area contributed by atoms with E-state index in [0.717, 1.165) is 5.82 Å². The first-order valence-electron chi connectivity index (χ1n) is 8.03.